The van der Waals surface area contributed by atoms with Crippen LogP contribution >= 0.6 is 0 Å². The number of halogens is 2. The smallest absolute Gasteiger partial charge is 0.257 e. The van der Waals surface area contributed by atoms with E-state index in [9.17, 15) is 13.6 Å². The van der Waals surface area contributed by atoms with Gasteiger partial charge in [-0.25, -0.2) is 13.8 Å². The topological polar surface area (TPSA) is 56.1 Å². The Hall–Kier alpha value is -3.94. The summed E-state index contributed by atoms with van der Waals surface area (Å²) < 4.78 is 40.7. The number of nitrogens with zero attached hydrogens (tertiary/aromatic N) is 3. The fraction of sp³-hybridized carbons (Fsp3) is 0.259. The molecule has 0 radical (unpaired) electrons. The van der Waals surface area contributed by atoms with E-state index < -0.39 is 11.6 Å². The highest BCUT2D eigenvalue weighted by atomic mass is 19.1. The predicted octanol–water partition coefficient (Wildman–Crippen LogP) is 5.18. The molecule has 1 amide bonds. The van der Waals surface area contributed by atoms with Crippen molar-refractivity contribution in [1.82, 2.24) is 14.3 Å². The second kappa shape index (κ2) is 9.74. The fourth-order valence-corrected chi connectivity index (χ4v) is 4.29. The number of rotatable bonds is 6. The number of hydrogen-bond donors (Lipinski definition) is 0. The second-order valence-electron chi connectivity index (χ2n) is 8.62. The Balaban J connectivity index is 1.22. The number of carbonyl (C=O) groups excluding carboxylic acids is 1. The molecule has 0 bridgehead atoms. The number of amides is 1. The molecule has 3 heterocycles. The van der Waals surface area contributed by atoms with Gasteiger partial charge in [0.15, 0.2) is 11.6 Å². The maximum absolute atomic E-state index is 13.9. The Morgan fingerprint density at radius 3 is 2.63 bits per heavy atom. The van der Waals surface area contributed by atoms with Crippen LogP contribution in [0.15, 0.2) is 67.0 Å². The molecule has 0 spiro atoms. The molecule has 5 rings (SSSR count). The first-order valence-corrected chi connectivity index (χ1v) is 11.5. The van der Waals surface area contributed by atoms with Crippen LogP contribution in [0.1, 0.15) is 34.5 Å². The van der Waals surface area contributed by atoms with Crippen molar-refractivity contribution < 1.29 is 23.0 Å². The molecule has 1 aliphatic rings. The summed E-state index contributed by atoms with van der Waals surface area (Å²) in [6.45, 7) is 3.18. The number of ether oxygens (including phenoxy) is 2. The zero-order valence-electron chi connectivity index (χ0n) is 19.3. The number of carbonyl (C=O) groups is 1. The van der Waals surface area contributed by atoms with Gasteiger partial charge in [-0.2, -0.15) is 0 Å². The zero-order chi connectivity index (χ0) is 24.4. The zero-order valence-corrected chi connectivity index (χ0v) is 19.3. The molecule has 6 nitrogen and oxygen atoms in total. The normalized spacial score (nSPS) is 14.3. The lowest BCUT2D eigenvalue weighted by Crippen LogP contribution is -2.42. The van der Waals surface area contributed by atoms with Crippen LogP contribution in [0.2, 0.25) is 0 Å². The molecule has 0 unspecified atom stereocenters. The Kier molecular flexibility index (Phi) is 6.35. The van der Waals surface area contributed by atoms with Crippen molar-refractivity contribution in [3.63, 3.8) is 0 Å². The molecule has 1 fully saturated rings. The van der Waals surface area contributed by atoms with Crippen LogP contribution in [0.4, 0.5) is 8.78 Å². The molecular weight excluding hydrogens is 452 g/mol. The predicted molar refractivity (Wildman–Crippen MR) is 127 cm³/mol. The number of likely N-dealkylation sites (tertiary alicyclic amines) is 1. The van der Waals surface area contributed by atoms with E-state index in [1.54, 1.807) is 17.0 Å². The quantitative estimate of drug-likeness (QED) is 0.384. The first kappa shape index (κ1) is 22.8. The third-order valence-electron chi connectivity index (χ3n) is 6.14. The van der Waals surface area contributed by atoms with Gasteiger partial charge in [-0.15, -0.1) is 0 Å². The number of aromatic nitrogens is 2. The highest BCUT2D eigenvalue weighted by molar-refractivity contribution is 5.97. The summed E-state index contributed by atoms with van der Waals surface area (Å²) >= 11 is 0. The van der Waals surface area contributed by atoms with E-state index in [-0.39, 0.29) is 24.4 Å². The van der Waals surface area contributed by atoms with E-state index in [4.69, 9.17) is 9.47 Å². The largest absolute Gasteiger partial charge is 0.487 e. The van der Waals surface area contributed by atoms with Gasteiger partial charge in [0.2, 0.25) is 0 Å². The summed E-state index contributed by atoms with van der Waals surface area (Å²) in [7, 11) is 0. The minimum Gasteiger partial charge on any atom is -0.487 e. The van der Waals surface area contributed by atoms with E-state index in [0.29, 0.717) is 37.2 Å². The lowest BCUT2D eigenvalue weighted by Gasteiger charge is -2.32. The van der Waals surface area contributed by atoms with E-state index in [1.165, 1.54) is 12.1 Å². The Morgan fingerprint density at radius 2 is 1.86 bits per heavy atom. The molecule has 1 aliphatic heterocycles. The highest BCUT2D eigenvalue weighted by Crippen LogP contribution is 2.26. The summed E-state index contributed by atoms with van der Waals surface area (Å²) in [5.74, 6) is -0.976. The van der Waals surface area contributed by atoms with Crippen molar-refractivity contribution >= 4 is 11.6 Å². The van der Waals surface area contributed by atoms with Crippen molar-refractivity contribution in [3.8, 4) is 11.5 Å². The second-order valence-corrected chi connectivity index (χ2v) is 8.62. The molecular formula is C27H25F2N3O3. The molecule has 0 aliphatic carbocycles. The summed E-state index contributed by atoms with van der Waals surface area (Å²) in [4.78, 5) is 19.6. The maximum atomic E-state index is 13.9. The van der Waals surface area contributed by atoms with Gasteiger partial charge in [-0.1, -0.05) is 18.2 Å². The average molecular weight is 478 g/mol. The molecule has 0 N–H and O–H groups in total. The first-order valence-electron chi connectivity index (χ1n) is 11.5. The summed E-state index contributed by atoms with van der Waals surface area (Å²) in [5, 5.41) is 0. The van der Waals surface area contributed by atoms with E-state index in [0.717, 1.165) is 23.0 Å². The van der Waals surface area contributed by atoms with E-state index in [2.05, 4.69) is 4.98 Å². The summed E-state index contributed by atoms with van der Waals surface area (Å²) in [6.07, 6.45) is 4.71. The van der Waals surface area contributed by atoms with Crippen molar-refractivity contribution in [1.29, 1.82) is 0 Å². The Morgan fingerprint density at radius 1 is 1.06 bits per heavy atom. The van der Waals surface area contributed by atoms with E-state index >= 15 is 0 Å². The number of aryl methyl sites for hydroxylation is 1. The first-order chi connectivity index (χ1) is 17.0. The summed E-state index contributed by atoms with van der Waals surface area (Å²) in [6, 6.07) is 14.4. The van der Waals surface area contributed by atoms with Gasteiger partial charge in [-0.05, 0) is 42.8 Å². The lowest BCUT2D eigenvalue weighted by molar-refractivity contribution is 0.0584. The molecule has 2 aromatic carbocycles. The third kappa shape index (κ3) is 4.96. The Bertz CT molecular complexity index is 1360. The standard InChI is InChI=1S/C27H25F2N3O3/c1-18-5-4-12-32-16-20(30-26(18)32)17-34-24-7-3-2-6-22(24)27(33)31-13-10-21(11-14-31)35-25-9-8-19(28)15-23(25)29/h2-9,12,15-16,21H,10-11,13-14,17H2,1H3. The molecule has 0 atom stereocenters. The fourth-order valence-electron chi connectivity index (χ4n) is 4.29. The van der Waals surface area contributed by atoms with Gasteiger partial charge >= 0.3 is 0 Å². The number of para-hydroxylation sites is 1. The SMILES string of the molecule is Cc1cccn2cc(COc3ccccc3C(=O)N3CCC(Oc4ccc(F)cc4F)CC3)nc12. The highest BCUT2D eigenvalue weighted by Gasteiger charge is 2.27. The van der Waals surface area contributed by atoms with Gasteiger partial charge in [0.25, 0.3) is 5.91 Å². The molecule has 1 saturated heterocycles. The van der Waals surface area contributed by atoms with Crippen LogP contribution in [0, 0.1) is 18.6 Å². The van der Waals surface area contributed by atoms with Crippen LogP contribution in [0.5, 0.6) is 11.5 Å². The molecule has 8 heteroatoms. The molecule has 180 valence electrons. The minimum atomic E-state index is -0.727. The van der Waals surface area contributed by atoms with Crippen LogP contribution in [0.3, 0.4) is 0 Å². The lowest BCUT2D eigenvalue weighted by atomic mass is 10.1. The number of piperidine rings is 1. The molecule has 0 saturated carbocycles. The number of pyridine rings is 1. The van der Waals surface area contributed by atoms with Gasteiger partial charge in [0.05, 0.1) is 11.3 Å². The van der Waals surface area contributed by atoms with Crippen molar-refractivity contribution in [2.75, 3.05) is 13.1 Å². The van der Waals surface area contributed by atoms with Crippen molar-refractivity contribution in [3.05, 3.63) is 95.4 Å². The number of hydrogen-bond acceptors (Lipinski definition) is 4. The third-order valence-corrected chi connectivity index (χ3v) is 6.14. The van der Waals surface area contributed by atoms with Gasteiger partial charge in [0.1, 0.15) is 29.9 Å². The Labute approximate surface area is 201 Å². The van der Waals surface area contributed by atoms with Crippen LogP contribution in [-0.2, 0) is 6.61 Å². The summed E-state index contributed by atoms with van der Waals surface area (Å²) in [5.41, 5.74) is 3.20. The molecule has 35 heavy (non-hydrogen) atoms. The van der Waals surface area contributed by atoms with Gasteiger partial charge < -0.3 is 18.8 Å². The van der Waals surface area contributed by atoms with Gasteiger partial charge in [-0.3, -0.25) is 4.79 Å². The van der Waals surface area contributed by atoms with Crippen LogP contribution < -0.4 is 9.47 Å². The number of fused-ring (bicyclic) bond motifs is 1. The van der Waals surface area contributed by atoms with Gasteiger partial charge in [0, 0.05) is 44.4 Å². The van der Waals surface area contributed by atoms with Crippen molar-refractivity contribution in [2.24, 2.45) is 0 Å². The molecule has 2 aromatic heterocycles. The number of benzene rings is 2. The number of imidazole rings is 1. The van der Waals surface area contributed by atoms with Crippen LogP contribution in [0.25, 0.3) is 5.65 Å². The minimum absolute atomic E-state index is 0.0251. The van der Waals surface area contributed by atoms with Crippen molar-refractivity contribution in [2.45, 2.75) is 32.5 Å². The van der Waals surface area contributed by atoms with E-state index in [1.807, 2.05) is 48.0 Å². The monoisotopic (exact) mass is 477 g/mol. The maximum Gasteiger partial charge on any atom is 0.257 e. The molecule has 4 aromatic rings. The average Bonchev–Trinajstić information content (AvgIpc) is 3.29. The van der Waals surface area contributed by atoms with Crippen LogP contribution in [-0.4, -0.2) is 39.4 Å².